The summed E-state index contributed by atoms with van der Waals surface area (Å²) in [5.74, 6) is -0.104. The molecule has 0 aromatic carbocycles. The third kappa shape index (κ3) is 4.09. The van der Waals surface area contributed by atoms with Crippen LogP contribution in [-0.4, -0.2) is 45.1 Å². The molecule has 25 heavy (non-hydrogen) atoms. The summed E-state index contributed by atoms with van der Waals surface area (Å²) in [5, 5.41) is 11.0. The number of fused-ring (bicyclic) bond motifs is 1. The number of likely N-dealkylation sites (tertiary alicyclic amines) is 1. The van der Waals surface area contributed by atoms with Crippen molar-refractivity contribution in [2.75, 3.05) is 17.6 Å². The van der Waals surface area contributed by atoms with Crippen LogP contribution in [0, 0.1) is 11.8 Å². The van der Waals surface area contributed by atoms with Crippen LogP contribution < -0.4 is 5.32 Å². The van der Waals surface area contributed by atoms with Crippen molar-refractivity contribution in [2.24, 2.45) is 11.8 Å². The number of carbonyl (C=O) groups is 3. The monoisotopic (exact) mass is 380 g/mol. The van der Waals surface area contributed by atoms with Crippen molar-refractivity contribution in [1.29, 1.82) is 0 Å². The Morgan fingerprint density at radius 3 is 2.60 bits per heavy atom. The van der Waals surface area contributed by atoms with Crippen molar-refractivity contribution >= 4 is 46.0 Å². The van der Waals surface area contributed by atoms with Gasteiger partial charge in [-0.05, 0) is 12.8 Å². The highest BCUT2D eigenvalue weighted by molar-refractivity contribution is 8.01. The Hall–Kier alpha value is -1.74. The maximum Gasteiger partial charge on any atom is 0.233 e. The molecule has 2 heterocycles. The molecular formula is C16H20N4O3S2. The standard InChI is InChI=1S/C16H20N4O3S2/c1-2-9-24-16-19-18-15(25-16)17-12(21)7-8-20-13(22)10-5-3-4-6-11(10)14(20)23/h2,10-11H,1,3-9H2,(H,17,18,21)/t10-,11-/m0/s1. The van der Waals surface area contributed by atoms with E-state index in [2.05, 4.69) is 22.1 Å². The molecule has 1 saturated heterocycles. The van der Waals surface area contributed by atoms with Crippen LogP contribution >= 0.6 is 23.1 Å². The highest BCUT2D eigenvalue weighted by atomic mass is 32.2. The first-order valence-electron chi connectivity index (χ1n) is 8.32. The second-order valence-electron chi connectivity index (χ2n) is 6.10. The Morgan fingerprint density at radius 2 is 1.96 bits per heavy atom. The summed E-state index contributed by atoms with van der Waals surface area (Å²) in [6.45, 7) is 3.77. The molecule has 1 aromatic heterocycles. The van der Waals surface area contributed by atoms with E-state index in [1.807, 2.05) is 0 Å². The fourth-order valence-corrected chi connectivity index (χ4v) is 4.82. The lowest BCUT2D eigenvalue weighted by atomic mass is 9.81. The lowest BCUT2D eigenvalue weighted by Gasteiger charge is -2.19. The van der Waals surface area contributed by atoms with Crippen LogP contribution in [0.1, 0.15) is 32.1 Å². The summed E-state index contributed by atoms with van der Waals surface area (Å²) < 4.78 is 0.754. The van der Waals surface area contributed by atoms with Gasteiger partial charge in [0.25, 0.3) is 0 Å². The van der Waals surface area contributed by atoms with Gasteiger partial charge in [0.2, 0.25) is 22.9 Å². The summed E-state index contributed by atoms with van der Waals surface area (Å²) in [5.41, 5.74) is 0. The summed E-state index contributed by atoms with van der Waals surface area (Å²) in [4.78, 5) is 38.1. The Labute approximate surface area is 154 Å². The molecule has 2 aliphatic rings. The zero-order valence-electron chi connectivity index (χ0n) is 13.8. The molecule has 2 fully saturated rings. The quantitative estimate of drug-likeness (QED) is 0.338. The molecule has 0 bridgehead atoms. The van der Waals surface area contributed by atoms with Crippen LogP contribution in [0.15, 0.2) is 17.0 Å². The second-order valence-corrected chi connectivity index (χ2v) is 8.34. The number of nitrogens with one attached hydrogen (secondary N) is 1. The number of amides is 3. The SMILES string of the molecule is C=CCSc1nnc(NC(=O)CCN2C(=O)[C@H]3CCCC[C@@H]3C2=O)s1. The van der Waals surface area contributed by atoms with Gasteiger partial charge in [-0.25, -0.2) is 0 Å². The summed E-state index contributed by atoms with van der Waals surface area (Å²) in [6, 6.07) is 0. The van der Waals surface area contributed by atoms with Crippen molar-refractivity contribution in [3.05, 3.63) is 12.7 Å². The summed E-state index contributed by atoms with van der Waals surface area (Å²) in [7, 11) is 0. The maximum absolute atomic E-state index is 12.4. The second kappa shape index (κ2) is 8.09. The number of thioether (sulfide) groups is 1. The lowest BCUT2D eigenvalue weighted by molar-refractivity contribution is -0.140. The number of hydrogen-bond acceptors (Lipinski definition) is 7. The molecule has 1 saturated carbocycles. The van der Waals surface area contributed by atoms with Crippen molar-refractivity contribution in [3.8, 4) is 0 Å². The summed E-state index contributed by atoms with van der Waals surface area (Å²) >= 11 is 2.78. The molecule has 134 valence electrons. The molecule has 9 heteroatoms. The fourth-order valence-electron chi connectivity index (χ4n) is 3.30. The number of rotatable bonds is 7. The maximum atomic E-state index is 12.4. The molecule has 1 N–H and O–H groups in total. The van der Waals surface area contributed by atoms with Gasteiger partial charge < -0.3 is 5.32 Å². The molecule has 1 aromatic rings. The molecule has 3 rings (SSSR count). The molecule has 1 aliphatic heterocycles. The number of anilines is 1. The molecule has 3 amide bonds. The molecule has 0 spiro atoms. The fraction of sp³-hybridized carbons (Fsp3) is 0.562. The molecule has 2 atom stereocenters. The minimum Gasteiger partial charge on any atom is -0.300 e. The number of aromatic nitrogens is 2. The van der Waals surface area contributed by atoms with Gasteiger partial charge in [0.15, 0.2) is 4.34 Å². The van der Waals surface area contributed by atoms with E-state index in [0.29, 0.717) is 5.13 Å². The van der Waals surface area contributed by atoms with Crippen LogP contribution in [0.4, 0.5) is 5.13 Å². The Kier molecular flexibility index (Phi) is 5.85. The van der Waals surface area contributed by atoms with Gasteiger partial charge in [-0.15, -0.1) is 16.8 Å². The predicted octanol–water partition coefficient (Wildman–Crippen LogP) is 2.32. The van der Waals surface area contributed by atoms with Gasteiger partial charge in [0.05, 0.1) is 11.8 Å². The minimum absolute atomic E-state index is 0.0750. The average molecular weight is 380 g/mol. The zero-order chi connectivity index (χ0) is 17.8. The van der Waals surface area contributed by atoms with Gasteiger partial charge >= 0.3 is 0 Å². The third-order valence-corrected chi connectivity index (χ3v) is 6.44. The highest BCUT2D eigenvalue weighted by Crippen LogP contribution is 2.38. The number of carbonyl (C=O) groups excluding carboxylic acids is 3. The predicted molar refractivity (Wildman–Crippen MR) is 96.2 cm³/mol. The molecule has 1 aliphatic carbocycles. The van der Waals surface area contributed by atoms with E-state index in [4.69, 9.17) is 0 Å². The van der Waals surface area contributed by atoms with Crippen molar-refractivity contribution in [3.63, 3.8) is 0 Å². The minimum atomic E-state index is -0.271. The van der Waals surface area contributed by atoms with E-state index in [1.165, 1.54) is 28.0 Å². The first-order chi connectivity index (χ1) is 12.1. The van der Waals surface area contributed by atoms with Gasteiger partial charge in [0, 0.05) is 18.7 Å². The van der Waals surface area contributed by atoms with E-state index in [1.54, 1.807) is 6.08 Å². The van der Waals surface area contributed by atoms with E-state index in [0.717, 1.165) is 35.8 Å². The first-order valence-corrected chi connectivity index (χ1v) is 10.1. The molecule has 7 nitrogen and oxygen atoms in total. The van der Waals surface area contributed by atoms with E-state index < -0.39 is 0 Å². The summed E-state index contributed by atoms with van der Waals surface area (Å²) in [6.07, 6.45) is 5.41. The molecule has 0 radical (unpaired) electrons. The van der Waals surface area contributed by atoms with Crippen molar-refractivity contribution in [2.45, 2.75) is 36.4 Å². The van der Waals surface area contributed by atoms with Crippen LogP contribution in [-0.2, 0) is 14.4 Å². The average Bonchev–Trinajstić information content (AvgIpc) is 3.15. The van der Waals surface area contributed by atoms with Crippen molar-refractivity contribution in [1.82, 2.24) is 15.1 Å². The Morgan fingerprint density at radius 1 is 1.28 bits per heavy atom. The topological polar surface area (TPSA) is 92.3 Å². The van der Waals surface area contributed by atoms with Gasteiger partial charge in [-0.1, -0.05) is 42.0 Å². The lowest BCUT2D eigenvalue weighted by Crippen LogP contribution is -2.34. The number of imide groups is 1. The van der Waals surface area contributed by atoms with Gasteiger partial charge in [-0.3, -0.25) is 19.3 Å². The molecule has 0 unspecified atom stereocenters. The van der Waals surface area contributed by atoms with Crippen LogP contribution in [0.2, 0.25) is 0 Å². The first kappa shape index (κ1) is 18.1. The highest BCUT2D eigenvalue weighted by Gasteiger charge is 2.47. The van der Waals surface area contributed by atoms with Crippen molar-refractivity contribution < 1.29 is 14.4 Å². The zero-order valence-corrected chi connectivity index (χ0v) is 15.4. The molecular weight excluding hydrogens is 360 g/mol. The normalized spacial score (nSPS) is 22.8. The Bertz CT molecular complexity index is 667. The third-order valence-electron chi connectivity index (χ3n) is 4.47. The number of hydrogen-bond donors (Lipinski definition) is 1. The van der Waals surface area contributed by atoms with Gasteiger partial charge in [-0.2, -0.15) is 0 Å². The van der Waals surface area contributed by atoms with Gasteiger partial charge in [0.1, 0.15) is 0 Å². The number of nitrogens with zero attached hydrogens (tertiary/aromatic N) is 3. The van der Waals surface area contributed by atoms with E-state index >= 15 is 0 Å². The smallest absolute Gasteiger partial charge is 0.233 e. The Balaban J connectivity index is 1.50. The van der Waals surface area contributed by atoms with E-state index in [9.17, 15) is 14.4 Å². The van der Waals surface area contributed by atoms with E-state index in [-0.39, 0.29) is 42.5 Å². The van der Waals surface area contributed by atoms with Crippen LogP contribution in [0.25, 0.3) is 0 Å². The van der Waals surface area contributed by atoms with Crippen LogP contribution in [0.3, 0.4) is 0 Å². The largest absolute Gasteiger partial charge is 0.300 e. The van der Waals surface area contributed by atoms with Crippen LogP contribution in [0.5, 0.6) is 0 Å².